The molecule has 0 aliphatic heterocycles. The molecule has 0 aliphatic carbocycles. The molecule has 0 heterocycles. The first-order valence-electron chi connectivity index (χ1n) is 6.12. The molecule has 0 atom stereocenters. The van der Waals surface area contributed by atoms with E-state index in [4.69, 9.17) is 10.5 Å². The van der Waals surface area contributed by atoms with Gasteiger partial charge in [0.2, 0.25) is 0 Å². The number of rotatable bonds is 3. The number of carbonyl (C=O) groups excluding carboxylic acids is 1. The third kappa shape index (κ3) is 3.52. The Balaban J connectivity index is 2.37. The van der Waals surface area contributed by atoms with Crippen LogP contribution in [0.25, 0.3) is 0 Å². The van der Waals surface area contributed by atoms with Gasteiger partial charge in [0, 0.05) is 25.7 Å². The van der Waals surface area contributed by atoms with Crippen molar-refractivity contribution in [1.82, 2.24) is 4.90 Å². The number of halogens is 2. The lowest BCUT2D eigenvalue weighted by atomic mass is 10.1. The van der Waals surface area contributed by atoms with E-state index >= 15 is 0 Å². The number of nitrogens with zero attached hydrogens (tertiary/aromatic N) is 1. The second-order valence-electron chi connectivity index (χ2n) is 4.63. The number of ether oxygens (including phenoxy) is 1. The molecule has 0 aromatic heterocycles. The minimum absolute atomic E-state index is 0.168. The van der Waals surface area contributed by atoms with E-state index < -0.39 is 5.82 Å². The van der Waals surface area contributed by atoms with Crippen molar-refractivity contribution in [2.24, 2.45) is 0 Å². The van der Waals surface area contributed by atoms with Gasteiger partial charge in [-0.05, 0) is 46.3 Å². The van der Waals surface area contributed by atoms with Crippen LogP contribution in [0.5, 0.6) is 11.5 Å². The Morgan fingerprint density at radius 2 is 1.90 bits per heavy atom. The lowest BCUT2D eigenvalue weighted by Crippen LogP contribution is -2.21. The van der Waals surface area contributed by atoms with Gasteiger partial charge in [-0.15, -0.1) is 0 Å². The smallest absolute Gasteiger partial charge is 0.253 e. The SMILES string of the molecule is CN(C)C(=O)c1ccc(N)c(Oc2cc(F)ccc2Br)c1. The highest BCUT2D eigenvalue weighted by Crippen LogP contribution is 2.33. The van der Waals surface area contributed by atoms with Crippen LogP contribution in [0.15, 0.2) is 40.9 Å². The third-order valence-corrected chi connectivity index (χ3v) is 3.43. The average molecular weight is 353 g/mol. The summed E-state index contributed by atoms with van der Waals surface area (Å²) in [6, 6.07) is 8.82. The molecule has 0 bridgehead atoms. The van der Waals surface area contributed by atoms with Crippen molar-refractivity contribution < 1.29 is 13.9 Å². The fourth-order valence-electron chi connectivity index (χ4n) is 1.69. The van der Waals surface area contributed by atoms with Gasteiger partial charge in [-0.2, -0.15) is 0 Å². The highest BCUT2D eigenvalue weighted by Gasteiger charge is 2.13. The summed E-state index contributed by atoms with van der Waals surface area (Å²) < 4.78 is 19.5. The van der Waals surface area contributed by atoms with E-state index in [0.29, 0.717) is 21.5 Å². The van der Waals surface area contributed by atoms with E-state index in [1.165, 1.54) is 29.2 Å². The zero-order chi connectivity index (χ0) is 15.6. The van der Waals surface area contributed by atoms with Gasteiger partial charge >= 0.3 is 0 Å². The first-order valence-corrected chi connectivity index (χ1v) is 6.92. The molecule has 4 nitrogen and oxygen atoms in total. The Bertz CT molecular complexity index is 689. The molecule has 0 radical (unpaired) electrons. The summed E-state index contributed by atoms with van der Waals surface area (Å²) in [5.41, 5.74) is 6.65. The topological polar surface area (TPSA) is 55.6 Å². The van der Waals surface area contributed by atoms with E-state index in [-0.39, 0.29) is 11.7 Å². The summed E-state index contributed by atoms with van der Waals surface area (Å²) in [5, 5.41) is 0. The lowest BCUT2D eigenvalue weighted by molar-refractivity contribution is 0.0827. The molecule has 0 aliphatic rings. The maximum atomic E-state index is 13.3. The molecule has 110 valence electrons. The van der Waals surface area contributed by atoms with E-state index in [2.05, 4.69) is 15.9 Å². The van der Waals surface area contributed by atoms with Gasteiger partial charge in [0.1, 0.15) is 11.6 Å². The standard InChI is InChI=1S/C15H14BrFN2O2/c1-19(2)15(20)9-3-6-12(18)14(7-9)21-13-8-10(17)4-5-11(13)16/h3-8H,18H2,1-2H3. The number of hydrogen-bond acceptors (Lipinski definition) is 3. The van der Waals surface area contributed by atoms with Crippen LogP contribution in [0.2, 0.25) is 0 Å². The highest BCUT2D eigenvalue weighted by molar-refractivity contribution is 9.10. The molecule has 0 fully saturated rings. The molecule has 21 heavy (non-hydrogen) atoms. The molecule has 0 saturated carbocycles. The highest BCUT2D eigenvalue weighted by atomic mass is 79.9. The summed E-state index contributed by atoms with van der Waals surface area (Å²) in [6.07, 6.45) is 0. The van der Waals surface area contributed by atoms with E-state index in [9.17, 15) is 9.18 Å². The van der Waals surface area contributed by atoms with E-state index in [0.717, 1.165) is 0 Å². The van der Waals surface area contributed by atoms with Crippen molar-refractivity contribution in [3.8, 4) is 11.5 Å². The molecular weight excluding hydrogens is 339 g/mol. The summed E-state index contributed by atoms with van der Waals surface area (Å²) >= 11 is 3.28. The number of anilines is 1. The van der Waals surface area contributed by atoms with Crippen LogP contribution in [-0.4, -0.2) is 24.9 Å². The largest absolute Gasteiger partial charge is 0.454 e. The van der Waals surface area contributed by atoms with Gasteiger partial charge < -0.3 is 15.4 Å². The maximum absolute atomic E-state index is 13.3. The second kappa shape index (κ2) is 6.13. The van der Waals surface area contributed by atoms with Crippen LogP contribution in [-0.2, 0) is 0 Å². The van der Waals surface area contributed by atoms with Gasteiger partial charge in [-0.1, -0.05) is 0 Å². The Kier molecular flexibility index (Phi) is 4.47. The van der Waals surface area contributed by atoms with Crippen LogP contribution in [0.3, 0.4) is 0 Å². The van der Waals surface area contributed by atoms with Crippen molar-refractivity contribution in [3.63, 3.8) is 0 Å². The summed E-state index contributed by atoms with van der Waals surface area (Å²) in [5.74, 6) is -0.00407. The van der Waals surface area contributed by atoms with E-state index in [1.807, 2.05) is 0 Å². The van der Waals surface area contributed by atoms with E-state index in [1.54, 1.807) is 26.2 Å². The summed E-state index contributed by atoms with van der Waals surface area (Å²) in [4.78, 5) is 13.4. The summed E-state index contributed by atoms with van der Waals surface area (Å²) in [6.45, 7) is 0. The molecule has 2 aromatic rings. The zero-order valence-electron chi connectivity index (χ0n) is 11.6. The Labute approximate surface area is 130 Å². The predicted octanol–water partition coefficient (Wildman–Crippen LogP) is 3.66. The Hall–Kier alpha value is -2.08. The van der Waals surface area contributed by atoms with Crippen LogP contribution in [0.1, 0.15) is 10.4 Å². The van der Waals surface area contributed by atoms with Gasteiger partial charge in [0.25, 0.3) is 5.91 Å². The number of benzene rings is 2. The zero-order valence-corrected chi connectivity index (χ0v) is 13.1. The fraction of sp³-hybridized carbons (Fsp3) is 0.133. The van der Waals surface area contributed by atoms with Crippen molar-refractivity contribution in [2.45, 2.75) is 0 Å². The molecule has 6 heteroatoms. The molecule has 0 saturated heterocycles. The fourth-order valence-corrected chi connectivity index (χ4v) is 2.02. The van der Waals surface area contributed by atoms with Gasteiger partial charge in [0.05, 0.1) is 10.2 Å². The van der Waals surface area contributed by atoms with Gasteiger partial charge in [-0.3, -0.25) is 4.79 Å². The number of nitrogens with two attached hydrogens (primary N) is 1. The first kappa shape index (κ1) is 15.3. The maximum Gasteiger partial charge on any atom is 0.253 e. The van der Waals surface area contributed by atoms with Crippen LogP contribution < -0.4 is 10.5 Å². The quantitative estimate of drug-likeness (QED) is 0.857. The molecule has 2 N–H and O–H groups in total. The van der Waals surface area contributed by atoms with Crippen molar-refractivity contribution in [3.05, 3.63) is 52.3 Å². The molecule has 2 rings (SSSR count). The normalized spacial score (nSPS) is 10.3. The van der Waals surface area contributed by atoms with Crippen LogP contribution in [0, 0.1) is 5.82 Å². The minimum atomic E-state index is -0.424. The van der Waals surface area contributed by atoms with Crippen molar-refractivity contribution in [1.29, 1.82) is 0 Å². The lowest BCUT2D eigenvalue weighted by Gasteiger charge is -2.14. The number of carbonyl (C=O) groups is 1. The summed E-state index contributed by atoms with van der Waals surface area (Å²) in [7, 11) is 3.31. The first-order chi connectivity index (χ1) is 9.88. The second-order valence-corrected chi connectivity index (χ2v) is 5.48. The molecule has 0 spiro atoms. The van der Waals surface area contributed by atoms with Crippen molar-refractivity contribution in [2.75, 3.05) is 19.8 Å². The molecular formula is C15H14BrFN2O2. The molecule has 1 amide bonds. The number of amides is 1. The Morgan fingerprint density at radius 1 is 1.19 bits per heavy atom. The monoisotopic (exact) mass is 352 g/mol. The van der Waals surface area contributed by atoms with Crippen molar-refractivity contribution >= 4 is 27.5 Å². The van der Waals surface area contributed by atoms with Crippen LogP contribution >= 0.6 is 15.9 Å². The van der Waals surface area contributed by atoms with Gasteiger partial charge in [0.15, 0.2) is 5.75 Å². The number of nitrogen functional groups attached to an aromatic ring is 1. The third-order valence-electron chi connectivity index (χ3n) is 2.78. The van der Waals surface area contributed by atoms with Crippen LogP contribution in [0.4, 0.5) is 10.1 Å². The number of hydrogen-bond donors (Lipinski definition) is 1. The minimum Gasteiger partial charge on any atom is -0.454 e. The predicted molar refractivity (Wildman–Crippen MR) is 83.0 cm³/mol. The molecule has 0 unspecified atom stereocenters. The Morgan fingerprint density at radius 3 is 2.57 bits per heavy atom. The average Bonchev–Trinajstić information content (AvgIpc) is 2.44. The molecule has 2 aromatic carbocycles. The van der Waals surface area contributed by atoms with Gasteiger partial charge in [-0.25, -0.2) is 4.39 Å².